The summed E-state index contributed by atoms with van der Waals surface area (Å²) in [5, 5.41) is 0. The van der Waals surface area contributed by atoms with Gasteiger partial charge in [0, 0.05) is 11.3 Å². The minimum absolute atomic E-state index is 0.402. The minimum atomic E-state index is 0.402. The third kappa shape index (κ3) is 3.64. The summed E-state index contributed by atoms with van der Waals surface area (Å²) in [7, 11) is 0. The number of nitrogens with two attached hydrogens (primary N) is 1. The Labute approximate surface area is 116 Å². The van der Waals surface area contributed by atoms with Crippen molar-refractivity contribution < 1.29 is 0 Å². The molecule has 2 rings (SSSR count). The molecule has 0 saturated heterocycles. The van der Waals surface area contributed by atoms with Gasteiger partial charge in [-0.05, 0) is 48.3 Å². The van der Waals surface area contributed by atoms with Crippen molar-refractivity contribution >= 4 is 5.69 Å². The van der Waals surface area contributed by atoms with Gasteiger partial charge in [0.15, 0.2) is 0 Å². The first-order valence-electron chi connectivity index (χ1n) is 7.02. The highest BCUT2D eigenvalue weighted by molar-refractivity contribution is 5.56. The molecule has 1 aromatic carbocycles. The average molecular weight is 253 g/mol. The van der Waals surface area contributed by atoms with E-state index in [-0.39, 0.29) is 0 Å². The van der Waals surface area contributed by atoms with E-state index in [0.717, 1.165) is 30.0 Å². The van der Waals surface area contributed by atoms with Gasteiger partial charge in [-0.2, -0.15) is 0 Å². The fourth-order valence-electron chi connectivity index (χ4n) is 2.49. The monoisotopic (exact) mass is 253 g/mol. The number of para-hydroxylation sites is 1. The van der Waals surface area contributed by atoms with E-state index in [1.165, 1.54) is 12.0 Å². The number of anilines is 1. The fourth-order valence-corrected chi connectivity index (χ4v) is 2.49. The van der Waals surface area contributed by atoms with Crippen molar-refractivity contribution in [2.75, 3.05) is 5.73 Å². The summed E-state index contributed by atoms with van der Waals surface area (Å²) >= 11 is 0. The summed E-state index contributed by atoms with van der Waals surface area (Å²) in [5.74, 6) is 7.25. The van der Waals surface area contributed by atoms with Crippen LogP contribution in [0.5, 0.6) is 0 Å². The highest BCUT2D eigenvalue weighted by Gasteiger charge is 2.25. The van der Waals surface area contributed by atoms with E-state index in [1.54, 1.807) is 0 Å². The largest absolute Gasteiger partial charge is 0.398 e. The van der Waals surface area contributed by atoms with Gasteiger partial charge in [-0.15, -0.1) is 0 Å². The maximum absolute atomic E-state index is 5.89. The van der Waals surface area contributed by atoms with Crippen LogP contribution in [0.1, 0.15) is 45.6 Å². The predicted molar refractivity (Wildman–Crippen MR) is 82.6 cm³/mol. The molecule has 2 N–H and O–H groups in total. The van der Waals surface area contributed by atoms with Crippen LogP contribution in [0, 0.1) is 23.2 Å². The molecule has 0 radical (unpaired) electrons. The molecular weight excluding hydrogens is 230 g/mol. The standard InChI is InChI=1S/C18H23N/c1-18(2,3)16-12-9-14(10-13-16)8-11-15-6-4-5-7-17(15)19/h4-7,9,16H,10,12-13,19H2,1-3H3. The molecule has 1 nitrogen and oxygen atoms in total. The summed E-state index contributed by atoms with van der Waals surface area (Å²) in [6.07, 6.45) is 5.80. The van der Waals surface area contributed by atoms with Gasteiger partial charge in [-0.25, -0.2) is 0 Å². The van der Waals surface area contributed by atoms with E-state index in [4.69, 9.17) is 5.73 Å². The maximum Gasteiger partial charge on any atom is 0.0478 e. The van der Waals surface area contributed by atoms with Gasteiger partial charge < -0.3 is 5.73 Å². The summed E-state index contributed by atoms with van der Waals surface area (Å²) < 4.78 is 0. The summed E-state index contributed by atoms with van der Waals surface area (Å²) in [4.78, 5) is 0. The number of hydrogen-bond donors (Lipinski definition) is 1. The fraction of sp³-hybridized carbons (Fsp3) is 0.444. The molecule has 1 atom stereocenters. The van der Waals surface area contributed by atoms with Gasteiger partial charge in [0.2, 0.25) is 0 Å². The lowest BCUT2D eigenvalue weighted by Crippen LogP contribution is -2.21. The van der Waals surface area contributed by atoms with Crippen molar-refractivity contribution in [3.05, 3.63) is 41.5 Å². The predicted octanol–water partition coefficient (Wildman–Crippen LogP) is 4.39. The molecule has 0 fully saturated rings. The molecule has 100 valence electrons. The Kier molecular flexibility index (Phi) is 4.00. The quantitative estimate of drug-likeness (QED) is 0.538. The molecule has 1 aliphatic carbocycles. The van der Waals surface area contributed by atoms with Crippen molar-refractivity contribution in [2.24, 2.45) is 11.3 Å². The van der Waals surface area contributed by atoms with Crippen LogP contribution in [0.2, 0.25) is 0 Å². The second-order valence-corrected chi connectivity index (χ2v) is 6.40. The highest BCUT2D eigenvalue weighted by Crippen LogP contribution is 2.36. The average Bonchev–Trinajstić information content (AvgIpc) is 2.37. The van der Waals surface area contributed by atoms with Crippen LogP contribution in [-0.4, -0.2) is 0 Å². The molecule has 0 saturated carbocycles. The van der Waals surface area contributed by atoms with Crippen molar-refractivity contribution in [3.8, 4) is 11.8 Å². The molecule has 1 aliphatic rings. The summed E-state index contributed by atoms with van der Waals surface area (Å²) in [5.41, 5.74) is 9.26. The molecule has 19 heavy (non-hydrogen) atoms. The molecule has 0 heterocycles. The molecule has 0 bridgehead atoms. The Hall–Kier alpha value is -1.68. The summed E-state index contributed by atoms with van der Waals surface area (Å²) in [6.45, 7) is 6.98. The van der Waals surface area contributed by atoms with Crippen LogP contribution in [0.3, 0.4) is 0 Å². The number of benzene rings is 1. The Morgan fingerprint density at radius 3 is 2.47 bits per heavy atom. The van der Waals surface area contributed by atoms with Gasteiger partial charge >= 0.3 is 0 Å². The Morgan fingerprint density at radius 1 is 1.16 bits per heavy atom. The highest BCUT2D eigenvalue weighted by atomic mass is 14.5. The molecule has 0 spiro atoms. The third-order valence-corrected chi connectivity index (χ3v) is 3.95. The molecule has 1 unspecified atom stereocenters. The van der Waals surface area contributed by atoms with Crippen LogP contribution in [0.4, 0.5) is 5.69 Å². The lowest BCUT2D eigenvalue weighted by molar-refractivity contribution is 0.222. The molecule has 1 aromatic rings. The first-order chi connectivity index (χ1) is 8.97. The van der Waals surface area contributed by atoms with Gasteiger partial charge in [-0.3, -0.25) is 0 Å². The zero-order valence-corrected chi connectivity index (χ0v) is 12.2. The van der Waals surface area contributed by atoms with Crippen molar-refractivity contribution in [2.45, 2.75) is 40.0 Å². The van der Waals surface area contributed by atoms with Crippen LogP contribution in [-0.2, 0) is 0 Å². The zero-order chi connectivity index (χ0) is 13.9. The minimum Gasteiger partial charge on any atom is -0.398 e. The van der Waals surface area contributed by atoms with Crippen molar-refractivity contribution in [3.63, 3.8) is 0 Å². The smallest absolute Gasteiger partial charge is 0.0478 e. The second kappa shape index (κ2) is 5.53. The van der Waals surface area contributed by atoms with Gasteiger partial charge in [-0.1, -0.05) is 50.8 Å². The van der Waals surface area contributed by atoms with Gasteiger partial charge in [0.25, 0.3) is 0 Å². The number of allylic oxidation sites excluding steroid dienone is 2. The van der Waals surface area contributed by atoms with Crippen LogP contribution >= 0.6 is 0 Å². The molecule has 0 amide bonds. The van der Waals surface area contributed by atoms with Crippen LogP contribution in [0.25, 0.3) is 0 Å². The molecule has 0 aliphatic heterocycles. The van der Waals surface area contributed by atoms with Crippen molar-refractivity contribution in [1.82, 2.24) is 0 Å². The second-order valence-electron chi connectivity index (χ2n) is 6.40. The maximum atomic E-state index is 5.89. The lowest BCUT2D eigenvalue weighted by atomic mass is 9.73. The molecule has 0 aromatic heterocycles. The van der Waals surface area contributed by atoms with E-state index >= 15 is 0 Å². The zero-order valence-electron chi connectivity index (χ0n) is 12.2. The number of hydrogen-bond acceptors (Lipinski definition) is 1. The SMILES string of the molecule is CC(C)(C)C1CC=C(C#Cc2ccccc2N)CC1. The van der Waals surface area contributed by atoms with E-state index < -0.39 is 0 Å². The van der Waals surface area contributed by atoms with Crippen molar-refractivity contribution in [1.29, 1.82) is 0 Å². The van der Waals surface area contributed by atoms with E-state index in [0.29, 0.717) is 5.41 Å². The lowest BCUT2D eigenvalue weighted by Gasteiger charge is -2.32. The Morgan fingerprint density at radius 2 is 1.89 bits per heavy atom. The third-order valence-electron chi connectivity index (χ3n) is 3.95. The normalized spacial score (nSPS) is 19.3. The van der Waals surface area contributed by atoms with E-state index in [9.17, 15) is 0 Å². The Balaban J connectivity index is 2.07. The number of nitrogen functional groups attached to an aromatic ring is 1. The van der Waals surface area contributed by atoms with Crippen LogP contribution in [0.15, 0.2) is 35.9 Å². The molecular formula is C18H23N. The van der Waals surface area contributed by atoms with E-state index in [2.05, 4.69) is 38.7 Å². The van der Waals surface area contributed by atoms with Crippen LogP contribution < -0.4 is 5.73 Å². The topological polar surface area (TPSA) is 26.0 Å². The van der Waals surface area contributed by atoms with E-state index in [1.807, 2.05) is 24.3 Å². The molecule has 1 heteroatoms. The first kappa shape index (κ1) is 13.7. The Bertz CT molecular complexity index is 535. The summed E-state index contributed by atoms with van der Waals surface area (Å²) in [6, 6.07) is 7.79. The first-order valence-corrected chi connectivity index (χ1v) is 7.02. The van der Waals surface area contributed by atoms with Gasteiger partial charge in [0.05, 0.1) is 0 Å². The van der Waals surface area contributed by atoms with Gasteiger partial charge in [0.1, 0.15) is 0 Å². The number of rotatable bonds is 0.